The normalized spacial score (nSPS) is 16.6. The third kappa shape index (κ3) is 9.11. The summed E-state index contributed by atoms with van der Waals surface area (Å²) in [6.07, 6.45) is 17.6. The van der Waals surface area contributed by atoms with E-state index >= 15 is 0 Å². The maximum atomic E-state index is 11.5. The van der Waals surface area contributed by atoms with Crippen molar-refractivity contribution >= 4 is 12.1 Å². The van der Waals surface area contributed by atoms with E-state index in [1.807, 2.05) is 6.21 Å². The number of carbonyl (C=O) groups is 1. The third-order valence-electron chi connectivity index (χ3n) is 4.22. The number of unbranched alkanes of at least 4 members (excludes halogenated alkanes) is 4. The number of hydrazone groups is 1. The van der Waals surface area contributed by atoms with Gasteiger partial charge in [0.15, 0.2) is 0 Å². The van der Waals surface area contributed by atoms with Crippen LogP contribution in [0.15, 0.2) is 5.10 Å². The molecule has 0 bridgehead atoms. The zero-order chi connectivity index (χ0) is 14.5. The van der Waals surface area contributed by atoms with Crippen LogP contribution in [-0.2, 0) is 4.79 Å². The van der Waals surface area contributed by atoms with Gasteiger partial charge in [-0.15, -0.1) is 0 Å². The first-order valence-corrected chi connectivity index (χ1v) is 8.63. The average molecular weight is 280 g/mol. The van der Waals surface area contributed by atoms with Crippen LogP contribution in [0.5, 0.6) is 0 Å². The van der Waals surface area contributed by atoms with E-state index in [1.54, 1.807) is 0 Å². The van der Waals surface area contributed by atoms with Gasteiger partial charge in [0.2, 0.25) is 5.91 Å². The molecule has 0 heterocycles. The van der Waals surface area contributed by atoms with Crippen LogP contribution in [0.3, 0.4) is 0 Å². The Hall–Kier alpha value is -0.860. The van der Waals surface area contributed by atoms with Crippen LogP contribution in [-0.4, -0.2) is 12.1 Å². The molecule has 1 fully saturated rings. The van der Waals surface area contributed by atoms with Crippen LogP contribution >= 0.6 is 0 Å². The lowest BCUT2D eigenvalue weighted by Crippen LogP contribution is -2.17. The van der Waals surface area contributed by atoms with Gasteiger partial charge in [-0.25, -0.2) is 5.43 Å². The molecule has 0 radical (unpaired) electrons. The Labute approximate surface area is 124 Å². The first-order chi connectivity index (χ1) is 9.83. The summed E-state index contributed by atoms with van der Waals surface area (Å²) >= 11 is 0. The van der Waals surface area contributed by atoms with Gasteiger partial charge in [-0.1, -0.05) is 64.7 Å². The minimum absolute atomic E-state index is 0.0652. The Morgan fingerprint density at radius 2 is 1.90 bits per heavy atom. The second kappa shape index (κ2) is 11.9. The van der Waals surface area contributed by atoms with Gasteiger partial charge in [0.05, 0.1) is 0 Å². The number of hydrogen-bond donors (Lipinski definition) is 1. The summed E-state index contributed by atoms with van der Waals surface area (Å²) in [5.74, 6) is 0.958. The first-order valence-electron chi connectivity index (χ1n) is 8.63. The molecule has 1 saturated carbocycles. The SMILES string of the molecule is CCCCCCCC(=O)N/N=C/CCC1CCCCC1. The zero-order valence-corrected chi connectivity index (χ0v) is 13.2. The predicted octanol–water partition coefficient (Wildman–Crippen LogP) is 4.81. The molecule has 0 unspecified atom stereocenters. The van der Waals surface area contributed by atoms with Gasteiger partial charge in [0.25, 0.3) is 0 Å². The minimum atomic E-state index is 0.0652. The highest BCUT2D eigenvalue weighted by molar-refractivity contribution is 5.76. The van der Waals surface area contributed by atoms with Crippen molar-refractivity contribution in [3.05, 3.63) is 0 Å². The number of rotatable bonds is 10. The fraction of sp³-hybridized carbons (Fsp3) is 0.882. The predicted molar refractivity (Wildman–Crippen MR) is 85.8 cm³/mol. The maximum Gasteiger partial charge on any atom is 0.240 e. The number of nitrogens with zero attached hydrogens (tertiary/aromatic N) is 1. The molecule has 0 aromatic rings. The molecule has 0 spiro atoms. The Kier molecular flexibility index (Phi) is 10.3. The zero-order valence-electron chi connectivity index (χ0n) is 13.2. The molecule has 1 aliphatic carbocycles. The molecular formula is C17H32N2O. The average Bonchev–Trinajstić information content (AvgIpc) is 2.48. The second-order valence-electron chi connectivity index (χ2n) is 6.09. The topological polar surface area (TPSA) is 41.5 Å². The molecule has 0 aromatic heterocycles. The Morgan fingerprint density at radius 1 is 1.15 bits per heavy atom. The summed E-state index contributed by atoms with van der Waals surface area (Å²) in [6, 6.07) is 0. The molecule has 0 aliphatic heterocycles. The van der Waals surface area contributed by atoms with Gasteiger partial charge < -0.3 is 0 Å². The molecule has 116 valence electrons. The van der Waals surface area contributed by atoms with Crippen molar-refractivity contribution in [1.29, 1.82) is 0 Å². The number of amides is 1. The highest BCUT2D eigenvalue weighted by Gasteiger charge is 2.11. The van der Waals surface area contributed by atoms with Crippen molar-refractivity contribution < 1.29 is 4.79 Å². The van der Waals surface area contributed by atoms with Gasteiger partial charge in [0, 0.05) is 12.6 Å². The fourth-order valence-electron chi connectivity index (χ4n) is 2.91. The van der Waals surface area contributed by atoms with Gasteiger partial charge in [-0.2, -0.15) is 5.10 Å². The van der Waals surface area contributed by atoms with E-state index in [0.29, 0.717) is 6.42 Å². The molecule has 0 atom stereocenters. The van der Waals surface area contributed by atoms with Gasteiger partial charge in [0.1, 0.15) is 0 Å². The quantitative estimate of drug-likeness (QED) is 0.348. The second-order valence-corrected chi connectivity index (χ2v) is 6.09. The van der Waals surface area contributed by atoms with E-state index in [-0.39, 0.29) is 5.91 Å². The minimum Gasteiger partial charge on any atom is -0.273 e. The van der Waals surface area contributed by atoms with Crippen LogP contribution in [0.1, 0.15) is 90.4 Å². The van der Waals surface area contributed by atoms with E-state index < -0.39 is 0 Å². The third-order valence-corrected chi connectivity index (χ3v) is 4.22. The van der Waals surface area contributed by atoms with E-state index in [9.17, 15) is 4.79 Å². The molecule has 1 aliphatic rings. The lowest BCUT2D eigenvalue weighted by atomic mass is 9.86. The summed E-state index contributed by atoms with van der Waals surface area (Å²) in [5.41, 5.74) is 2.64. The van der Waals surface area contributed by atoms with Gasteiger partial charge in [-0.05, 0) is 25.2 Å². The Balaban J connectivity index is 1.92. The molecule has 1 rings (SSSR count). The number of carbonyl (C=O) groups excluding carboxylic acids is 1. The molecule has 1 N–H and O–H groups in total. The van der Waals surface area contributed by atoms with Crippen molar-refractivity contribution in [3.8, 4) is 0 Å². The van der Waals surface area contributed by atoms with Crippen molar-refractivity contribution in [2.75, 3.05) is 0 Å². The van der Waals surface area contributed by atoms with E-state index in [4.69, 9.17) is 0 Å². The van der Waals surface area contributed by atoms with Crippen LogP contribution in [0, 0.1) is 5.92 Å². The van der Waals surface area contributed by atoms with Gasteiger partial charge >= 0.3 is 0 Å². The fourth-order valence-corrected chi connectivity index (χ4v) is 2.91. The summed E-state index contributed by atoms with van der Waals surface area (Å²) < 4.78 is 0. The summed E-state index contributed by atoms with van der Waals surface area (Å²) in [4.78, 5) is 11.5. The highest BCUT2D eigenvalue weighted by Crippen LogP contribution is 2.26. The number of nitrogens with one attached hydrogen (secondary N) is 1. The van der Waals surface area contributed by atoms with E-state index in [0.717, 1.165) is 25.2 Å². The standard InChI is InChI=1S/C17H32N2O/c1-2-3-4-5-9-14-17(20)19-18-15-10-13-16-11-7-6-8-12-16/h15-16H,2-14H2,1H3,(H,19,20)/b18-15+. The monoisotopic (exact) mass is 280 g/mol. The summed E-state index contributed by atoms with van der Waals surface area (Å²) in [6.45, 7) is 2.20. The summed E-state index contributed by atoms with van der Waals surface area (Å²) in [7, 11) is 0. The number of hydrogen-bond acceptors (Lipinski definition) is 2. The molecule has 3 heteroatoms. The van der Waals surface area contributed by atoms with Crippen molar-refractivity contribution in [3.63, 3.8) is 0 Å². The summed E-state index contributed by atoms with van der Waals surface area (Å²) in [5, 5.41) is 4.05. The molecule has 3 nitrogen and oxygen atoms in total. The van der Waals surface area contributed by atoms with E-state index in [1.165, 1.54) is 57.8 Å². The van der Waals surface area contributed by atoms with Crippen molar-refractivity contribution in [2.45, 2.75) is 90.4 Å². The van der Waals surface area contributed by atoms with Gasteiger partial charge in [-0.3, -0.25) is 4.79 Å². The first kappa shape index (κ1) is 17.2. The van der Waals surface area contributed by atoms with Crippen LogP contribution in [0.25, 0.3) is 0 Å². The van der Waals surface area contributed by atoms with Crippen LogP contribution < -0.4 is 5.43 Å². The molecule has 0 aromatic carbocycles. The molecular weight excluding hydrogens is 248 g/mol. The highest BCUT2D eigenvalue weighted by atomic mass is 16.2. The molecule has 20 heavy (non-hydrogen) atoms. The molecule has 0 saturated heterocycles. The lowest BCUT2D eigenvalue weighted by Gasteiger charge is -2.20. The largest absolute Gasteiger partial charge is 0.273 e. The Morgan fingerprint density at radius 3 is 2.65 bits per heavy atom. The van der Waals surface area contributed by atoms with Crippen molar-refractivity contribution in [2.24, 2.45) is 11.0 Å². The van der Waals surface area contributed by atoms with Crippen LogP contribution in [0.2, 0.25) is 0 Å². The Bertz CT molecular complexity index is 270. The maximum absolute atomic E-state index is 11.5. The van der Waals surface area contributed by atoms with Crippen LogP contribution in [0.4, 0.5) is 0 Å². The molecule has 1 amide bonds. The van der Waals surface area contributed by atoms with E-state index in [2.05, 4.69) is 17.5 Å². The van der Waals surface area contributed by atoms with Crippen molar-refractivity contribution in [1.82, 2.24) is 5.43 Å². The lowest BCUT2D eigenvalue weighted by molar-refractivity contribution is -0.121. The smallest absolute Gasteiger partial charge is 0.240 e.